The molecule has 0 saturated heterocycles. The minimum absolute atomic E-state index is 0.172. The number of carbonyl (C=O) groups is 2. The molecule has 1 N–H and O–H groups in total. The van der Waals surface area contributed by atoms with Gasteiger partial charge in [0.1, 0.15) is 5.75 Å². The van der Waals surface area contributed by atoms with Crippen LogP contribution >= 0.6 is 0 Å². The highest BCUT2D eigenvalue weighted by molar-refractivity contribution is 5.97. The molecule has 4 aromatic rings. The van der Waals surface area contributed by atoms with E-state index >= 15 is 0 Å². The van der Waals surface area contributed by atoms with E-state index in [1.54, 1.807) is 54.7 Å². The third-order valence-corrected chi connectivity index (χ3v) is 4.33. The lowest BCUT2D eigenvalue weighted by atomic mass is 10.1. The molecule has 0 aliphatic carbocycles. The summed E-state index contributed by atoms with van der Waals surface area (Å²) in [7, 11) is 0. The van der Waals surface area contributed by atoms with Gasteiger partial charge in [0.05, 0.1) is 17.3 Å². The molecule has 0 fully saturated rings. The standard InChI is InChI=1S/C24H18N2O4/c1-16(27)26-18-11-13-19(14-12-18)29-24(28)21-10-6-5-9-20(21)23-25-15-22(30-23)17-7-3-2-4-8-17/h2-15H,1H3,(H,26,27). The van der Waals surface area contributed by atoms with Crippen LogP contribution in [0.4, 0.5) is 5.69 Å². The number of carbonyl (C=O) groups excluding carboxylic acids is 2. The van der Waals surface area contributed by atoms with E-state index in [4.69, 9.17) is 9.15 Å². The summed E-state index contributed by atoms with van der Waals surface area (Å²) in [6.07, 6.45) is 1.63. The van der Waals surface area contributed by atoms with Crippen LogP contribution in [0.25, 0.3) is 22.8 Å². The van der Waals surface area contributed by atoms with Crippen LogP contribution in [-0.4, -0.2) is 16.9 Å². The van der Waals surface area contributed by atoms with E-state index in [0.29, 0.717) is 34.2 Å². The smallest absolute Gasteiger partial charge is 0.344 e. The lowest BCUT2D eigenvalue weighted by molar-refractivity contribution is -0.114. The molecule has 4 rings (SSSR count). The predicted octanol–water partition coefficient (Wildman–Crippen LogP) is 5.19. The zero-order chi connectivity index (χ0) is 20.9. The molecule has 30 heavy (non-hydrogen) atoms. The Morgan fingerprint density at radius 3 is 2.33 bits per heavy atom. The minimum atomic E-state index is -0.530. The van der Waals surface area contributed by atoms with Crippen molar-refractivity contribution < 1.29 is 18.7 Å². The van der Waals surface area contributed by atoms with Crippen molar-refractivity contribution in [3.63, 3.8) is 0 Å². The molecule has 0 aliphatic rings. The number of amides is 1. The Labute approximate surface area is 173 Å². The topological polar surface area (TPSA) is 81.4 Å². The van der Waals surface area contributed by atoms with Crippen LogP contribution in [0.5, 0.6) is 5.75 Å². The summed E-state index contributed by atoms with van der Waals surface area (Å²) in [6.45, 7) is 1.43. The van der Waals surface area contributed by atoms with E-state index in [2.05, 4.69) is 10.3 Å². The van der Waals surface area contributed by atoms with E-state index in [1.807, 2.05) is 30.3 Å². The molecule has 148 valence electrons. The molecule has 0 atom stereocenters. The van der Waals surface area contributed by atoms with Gasteiger partial charge < -0.3 is 14.5 Å². The van der Waals surface area contributed by atoms with Crippen molar-refractivity contribution >= 4 is 17.6 Å². The first-order chi connectivity index (χ1) is 14.6. The van der Waals surface area contributed by atoms with E-state index in [-0.39, 0.29) is 5.91 Å². The van der Waals surface area contributed by atoms with E-state index in [1.165, 1.54) is 6.92 Å². The summed E-state index contributed by atoms with van der Waals surface area (Å²) in [4.78, 5) is 28.2. The van der Waals surface area contributed by atoms with Gasteiger partial charge in [-0.25, -0.2) is 9.78 Å². The van der Waals surface area contributed by atoms with Gasteiger partial charge in [-0.05, 0) is 36.4 Å². The maximum atomic E-state index is 12.8. The molecule has 0 spiro atoms. The Morgan fingerprint density at radius 1 is 0.900 bits per heavy atom. The van der Waals surface area contributed by atoms with Gasteiger partial charge in [0.15, 0.2) is 5.76 Å². The highest BCUT2D eigenvalue weighted by atomic mass is 16.5. The quantitative estimate of drug-likeness (QED) is 0.370. The van der Waals surface area contributed by atoms with Gasteiger partial charge >= 0.3 is 5.97 Å². The Morgan fingerprint density at radius 2 is 1.60 bits per heavy atom. The molecule has 0 aliphatic heterocycles. The van der Waals surface area contributed by atoms with Crippen molar-refractivity contribution in [3.05, 3.63) is 90.6 Å². The number of esters is 1. The van der Waals surface area contributed by atoms with E-state index in [9.17, 15) is 9.59 Å². The molecule has 6 nitrogen and oxygen atoms in total. The van der Waals surface area contributed by atoms with Crippen LogP contribution in [0.3, 0.4) is 0 Å². The Hall–Kier alpha value is -4.19. The lowest BCUT2D eigenvalue weighted by Crippen LogP contribution is -2.10. The maximum Gasteiger partial charge on any atom is 0.344 e. The largest absolute Gasteiger partial charge is 0.436 e. The van der Waals surface area contributed by atoms with E-state index in [0.717, 1.165) is 5.56 Å². The summed E-state index contributed by atoms with van der Waals surface area (Å²) in [5.74, 6) is 0.609. The number of oxazole rings is 1. The first-order valence-electron chi connectivity index (χ1n) is 9.30. The Balaban J connectivity index is 1.57. The predicted molar refractivity (Wildman–Crippen MR) is 113 cm³/mol. The minimum Gasteiger partial charge on any atom is -0.436 e. The van der Waals surface area contributed by atoms with Crippen molar-refractivity contribution in [2.24, 2.45) is 0 Å². The monoisotopic (exact) mass is 398 g/mol. The molecule has 3 aromatic carbocycles. The third-order valence-electron chi connectivity index (χ3n) is 4.33. The van der Waals surface area contributed by atoms with Gasteiger partial charge in [0.2, 0.25) is 11.8 Å². The number of hydrogen-bond acceptors (Lipinski definition) is 5. The summed E-state index contributed by atoms with van der Waals surface area (Å²) < 4.78 is 11.4. The molecule has 1 amide bonds. The number of nitrogens with one attached hydrogen (secondary N) is 1. The van der Waals surface area contributed by atoms with Gasteiger partial charge in [-0.15, -0.1) is 0 Å². The van der Waals surface area contributed by atoms with Gasteiger partial charge in [-0.2, -0.15) is 0 Å². The van der Waals surface area contributed by atoms with Gasteiger partial charge in [0.25, 0.3) is 0 Å². The van der Waals surface area contributed by atoms with Gasteiger partial charge in [-0.3, -0.25) is 4.79 Å². The normalized spacial score (nSPS) is 10.4. The third kappa shape index (κ3) is 4.28. The van der Waals surface area contributed by atoms with Crippen molar-refractivity contribution in [2.45, 2.75) is 6.92 Å². The van der Waals surface area contributed by atoms with Crippen LogP contribution in [0.2, 0.25) is 0 Å². The van der Waals surface area contributed by atoms with Crippen molar-refractivity contribution in [3.8, 4) is 28.5 Å². The Kier molecular flexibility index (Phi) is 5.39. The first-order valence-corrected chi connectivity index (χ1v) is 9.30. The van der Waals surface area contributed by atoms with Crippen LogP contribution < -0.4 is 10.1 Å². The number of benzene rings is 3. The lowest BCUT2D eigenvalue weighted by Gasteiger charge is -2.08. The number of hydrogen-bond donors (Lipinski definition) is 1. The fraction of sp³-hybridized carbons (Fsp3) is 0.0417. The Bertz CT molecular complexity index is 1180. The fourth-order valence-corrected chi connectivity index (χ4v) is 2.95. The van der Waals surface area contributed by atoms with Gasteiger partial charge in [0, 0.05) is 18.2 Å². The summed E-state index contributed by atoms with van der Waals surface area (Å²) >= 11 is 0. The SMILES string of the molecule is CC(=O)Nc1ccc(OC(=O)c2ccccc2-c2ncc(-c3ccccc3)o2)cc1. The molecule has 0 saturated carbocycles. The number of aromatic nitrogens is 1. The summed E-state index contributed by atoms with van der Waals surface area (Å²) in [5.41, 5.74) is 2.40. The molecule has 0 radical (unpaired) electrons. The average molecular weight is 398 g/mol. The molecule has 0 bridgehead atoms. The second-order valence-electron chi connectivity index (χ2n) is 6.54. The molecule has 6 heteroatoms. The second-order valence-corrected chi connectivity index (χ2v) is 6.54. The van der Waals surface area contributed by atoms with Crippen LogP contribution in [0.1, 0.15) is 17.3 Å². The molecule has 1 heterocycles. The zero-order valence-electron chi connectivity index (χ0n) is 16.2. The average Bonchev–Trinajstić information content (AvgIpc) is 3.25. The zero-order valence-corrected chi connectivity index (χ0v) is 16.2. The molecular weight excluding hydrogens is 380 g/mol. The van der Waals surface area contributed by atoms with Crippen molar-refractivity contribution in [2.75, 3.05) is 5.32 Å². The van der Waals surface area contributed by atoms with Crippen LogP contribution in [-0.2, 0) is 4.79 Å². The highest BCUT2D eigenvalue weighted by Crippen LogP contribution is 2.29. The second kappa shape index (κ2) is 8.45. The number of nitrogens with zero attached hydrogens (tertiary/aromatic N) is 1. The van der Waals surface area contributed by atoms with Crippen molar-refractivity contribution in [1.29, 1.82) is 0 Å². The maximum absolute atomic E-state index is 12.8. The fourth-order valence-electron chi connectivity index (χ4n) is 2.95. The first kappa shape index (κ1) is 19.1. The van der Waals surface area contributed by atoms with Crippen LogP contribution in [0.15, 0.2) is 89.5 Å². The number of anilines is 1. The highest BCUT2D eigenvalue weighted by Gasteiger charge is 2.18. The van der Waals surface area contributed by atoms with E-state index < -0.39 is 5.97 Å². The summed E-state index contributed by atoms with van der Waals surface area (Å²) in [6, 6.07) is 23.1. The molecular formula is C24H18N2O4. The van der Waals surface area contributed by atoms with Crippen molar-refractivity contribution in [1.82, 2.24) is 4.98 Å². The number of ether oxygens (including phenoxy) is 1. The molecule has 0 unspecified atom stereocenters. The van der Waals surface area contributed by atoms with Crippen LogP contribution in [0, 0.1) is 0 Å². The number of rotatable bonds is 5. The molecule has 1 aromatic heterocycles. The summed E-state index contributed by atoms with van der Waals surface area (Å²) in [5, 5.41) is 2.66. The van der Waals surface area contributed by atoms with Gasteiger partial charge in [-0.1, -0.05) is 42.5 Å².